The van der Waals surface area contributed by atoms with Crippen LogP contribution in [-0.2, 0) is 13.0 Å². The number of aromatic nitrogens is 2. The summed E-state index contributed by atoms with van der Waals surface area (Å²) in [7, 11) is 1.80. The molecular formula is C19H21N3OS2. The van der Waals surface area contributed by atoms with Crippen LogP contribution in [0.5, 0.6) is 0 Å². The van der Waals surface area contributed by atoms with E-state index in [1.165, 1.54) is 16.9 Å². The van der Waals surface area contributed by atoms with Crippen LogP contribution in [-0.4, -0.2) is 27.8 Å². The summed E-state index contributed by atoms with van der Waals surface area (Å²) in [6.45, 7) is 4.76. The van der Waals surface area contributed by atoms with E-state index >= 15 is 0 Å². The molecule has 0 N–H and O–H groups in total. The second-order valence-electron chi connectivity index (χ2n) is 6.28. The number of carbonyl (C=O) groups excluding carboxylic acids is 1. The van der Waals surface area contributed by atoms with E-state index in [9.17, 15) is 4.79 Å². The highest BCUT2D eigenvalue weighted by Crippen LogP contribution is 2.21. The average molecular weight is 372 g/mol. The van der Waals surface area contributed by atoms with E-state index < -0.39 is 0 Å². The fourth-order valence-corrected chi connectivity index (χ4v) is 4.06. The van der Waals surface area contributed by atoms with Crippen molar-refractivity contribution < 1.29 is 4.79 Å². The van der Waals surface area contributed by atoms with Crippen LogP contribution in [0, 0.1) is 0 Å². The Morgan fingerprint density at radius 1 is 1.12 bits per heavy atom. The normalized spacial score (nSPS) is 11.0. The van der Waals surface area contributed by atoms with E-state index in [0.29, 0.717) is 18.2 Å². The molecule has 0 saturated carbocycles. The maximum atomic E-state index is 12.6. The van der Waals surface area contributed by atoms with Gasteiger partial charge in [-0.2, -0.15) is 0 Å². The molecule has 25 heavy (non-hydrogen) atoms. The Hall–Kier alpha value is -2.05. The number of nitrogens with zero attached hydrogens (tertiary/aromatic N) is 3. The summed E-state index contributed by atoms with van der Waals surface area (Å²) >= 11 is 3.18. The topological polar surface area (TPSA) is 46.1 Å². The van der Waals surface area contributed by atoms with E-state index in [1.807, 2.05) is 29.0 Å². The Bertz CT molecular complexity index is 839. The van der Waals surface area contributed by atoms with E-state index in [0.717, 1.165) is 22.1 Å². The summed E-state index contributed by atoms with van der Waals surface area (Å²) in [6, 6.07) is 10.2. The van der Waals surface area contributed by atoms with Gasteiger partial charge in [-0.15, -0.1) is 22.7 Å². The Morgan fingerprint density at radius 2 is 1.88 bits per heavy atom. The van der Waals surface area contributed by atoms with E-state index in [2.05, 4.69) is 35.9 Å². The maximum absolute atomic E-state index is 12.6. The number of amides is 1. The summed E-state index contributed by atoms with van der Waals surface area (Å²) in [5, 5.41) is 5.94. The van der Waals surface area contributed by atoms with Crippen molar-refractivity contribution in [1.29, 1.82) is 0 Å². The van der Waals surface area contributed by atoms with Gasteiger partial charge in [0, 0.05) is 30.1 Å². The minimum Gasteiger partial charge on any atom is -0.334 e. The Kier molecular flexibility index (Phi) is 5.60. The van der Waals surface area contributed by atoms with Gasteiger partial charge in [0.25, 0.3) is 5.91 Å². The van der Waals surface area contributed by atoms with Crippen molar-refractivity contribution in [3.8, 4) is 0 Å². The number of benzene rings is 1. The molecule has 0 bridgehead atoms. The lowest BCUT2D eigenvalue weighted by Crippen LogP contribution is -2.26. The second kappa shape index (κ2) is 7.89. The predicted molar refractivity (Wildman–Crippen MR) is 103 cm³/mol. The first kappa shape index (κ1) is 17.8. The summed E-state index contributed by atoms with van der Waals surface area (Å²) in [5.74, 6) is 0.355. The summed E-state index contributed by atoms with van der Waals surface area (Å²) in [5.41, 5.74) is 2.65. The third-order valence-electron chi connectivity index (χ3n) is 3.78. The Balaban J connectivity index is 1.64. The minimum atomic E-state index is -0.0605. The zero-order valence-electron chi connectivity index (χ0n) is 14.6. The van der Waals surface area contributed by atoms with Crippen molar-refractivity contribution >= 4 is 28.6 Å². The first-order valence-corrected chi connectivity index (χ1v) is 9.97. The molecule has 2 heterocycles. The predicted octanol–water partition coefficient (Wildman–Crippen LogP) is 4.59. The van der Waals surface area contributed by atoms with Gasteiger partial charge < -0.3 is 4.90 Å². The molecule has 4 nitrogen and oxygen atoms in total. The van der Waals surface area contributed by atoms with E-state index in [-0.39, 0.29) is 5.91 Å². The highest BCUT2D eigenvalue weighted by atomic mass is 32.1. The van der Waals surface area contributed by atoms with Gasteiger partial charge in [-0.05, 0) is 5.56 Å². The summed E-state index contributed by atoms with van der Waals surface area (Å²) < 4.78 is 0. The summed E-state index contributed by atoms with van der Waals surface area (Å²) in [4.78, 5) is 23.4. The van der Waals surface area contributed by atoms with Crippen molar-refractivity contribution in [3.05, 3.63) is 68.1 Å². The quantitative estimate of drug-likeness (QED) is 0.637. The van der Waals surface area contributed by atoms with Gasteiger partial charge in [-0.1, -0.05) is 44.2 Å². The molecule has 130 valence electrons. The van der Waals surface area contributed by atoms with Crippen LogP contribution in [0.15, 0.2) is 41.1 Å². The number of hydrogen-bond acceptors (Lipinski definition) is 5. The molecule has 2 aromatic heterocycles. The first-order chi connectivity index (χ1) is 12.0. The highest BCUT2D eigenvalue weighted by molar-refractivity contribution is 7.10. The molecule has 3 aromatic rings. The van der Waals surface area contributed by atoms with Crippen LogP contribution in [0.4, 0.5) is 0 Å². The lowest BCUT2D eigenvalue weighted by Gasteiger charge is -2.14. The average Bonchev–Trinajstić information content (AvgIpc) is 3.25. The lowest BCUT2D eigenvalue weighted by molar-refractivity contribution is 0.0778. The molecular weight excluding hydrogens is 350 g/mol. The van der Waals surface area contributed by atoms with Crippen molar-refractivity contribution in [3.63, 3.8) is 0 Å². The van der Waals surface area contributed by atoms with Gasteiger partial charge in [0.1, 0.15) is 5.69 Å². The third-order valence-corrected chi connectivity index (χ3v) is 5.82. The van der Waals surface area contributed by atoms with Crippen LogP contribution in [0.25, 0.3) is 0 Å². The maximum Gasteiger partial charge on any atom is 0.273 e. The number of hydrogen-bond donors (Lipinski definition) is 0. The minimum absolute atomic E-state index is 0.0605. The molecule has 0 aliphatic heterocycles. The summed E-state index contributed by atoms with van der Waals surface area (Å²) in [6.07, 6.45) is 0.756. The molecule has 1 aromatic carbocycles. The van der Waals surface area contributed by atoms with Gasteiger partial charge in [-0.3, -0.25) is 4.79 Å². The lowest BCUT2D eigenvalue weighted by atomic mass is 10.2. The second-order valence-corrected chi connectivity index (χ2v) is 8.11. The molecule has 3 rings (SSSR count). The first-order valence-electron chi connectivity index (χ1n) is 8.21. The van der Waals surface area contributed by atoms with E-state index in [1.54, 1.807) is 23.3 Å². The SMILES string of the molecule is CC(C)c1nc(CN(C)C(=O)c2csc(Cc3ccccc3)n2)cs1. The van der Waals surface area contributed by atoms with Crippen LogP contribution >= 0.6 is 22.7 Å². The zero-order chi connectivity index (χ0) is 17.8. The molecule has 6 heteroatoms. The van der Waals surface area contributed by atoms with Gasteiger partial charge in [-0.25, -0.2) is 9.97 Å². The van der Waals surface area contributed by atoms with Crippen LogP contribution in [0.3, 0.4) is 0 Å². The highest BCUT2D eigenvalue weighted by Gasteiger charge is 2.17. The standard InChI is InChI=1S/C19H21N3OS2/c1-13(2)18-20-15(11-25-18)10-22(3)19(23)16-12-24-17(21-16)9-14-7-5-4-6-8-14/h4-8,11-13H,9-10H2,1-3H3. The molecule has 0 atom stereocenters. The molecule has 1 amide bonds. The fourth-order valence-electron chi connectivity index (χ4n) is 2.43. The largest absolute Gasteiger partial charge is 0.334 e. The van der Waals surface area contributed by atoms with Crippen LogP contribution in [0.1, 0.15) is 51.5 Å². The molecule has 0 spiro atoms. The third kappa shape index (κ3) is 4.52. The van der Waals surface area contributed by atoms with Crippen LogP contribution in [0.2, 0.25) is 0 Å². The van der Waals surface area contributed by atoms with Crippen molar-refractivity contribution in [2.45, 2.75) is 32.7 Å². The van der Waals surface area contributed by atoms with Gasteiger partial charge in [0.15, 0.2) is 0 Å². The van der Waals surface area contributed by atoms with Gasteiger partial charge in [0.05, 0.1) is 22.3 Å². The Morgan fingerprint density at radius 3 is 2.56 bits per heavy atom. The van der Waals surface area contributed by atoms with Crippen molar-refractivity contribution in [1.82, 2.24) is 14.9 Å². The van der Waals surface area contributed by atoms with Crippen LogP contribution < -0.4 is 0 Å². The molecule has 0 fully saturated rings. The molecule has 0 unspecified atom stereocenters. The fraction of sp³-hybridized carbons (Fsp3) is 0.316. The van der Waals surface area contributed by atoms with Gasteiger partial charge in [0.2, 0.25) is 0 Å². The zero-order valence-corrected chi connectivity index (χ0v) is 16.2. The number of thiazole rings is 2. The van der Waals surface area contributed by atoms with E-state index in [4.69, 9.17) is 0 Å². The number of carbonyl (C=O) groups is 1. The van der Waals surface area contributed by atoms with Gasteiger partial charge >= 0.3 is 0 Å². The monoisotopic (exact) mass is 371 g/mol. The molecule has 0 aliphatic rings. The van der Waals surface area contributed by atoms with Crippen molar-refractivity contribution in [2.24, 2.45) is 0 Å². The smallest absolute Gasteiger partial charge is 0.273 e. The Labute approximate surface area is 156 Å². The number of rotatable bonds is 6. The molecule has 0 radical (unpaired) electrons. The van der Waals surface area contributed by atoms with Crippen molar-refractivity contribution in [2.75, 3.05) is 7.05 Å². The molecule has 0 saturated heterocycles. The molecule has 0 aliphatic carbocycles.